The van der Waals surface area contributed by atoms with Crippen molar-refractivity contribution in [2.45, 2.75) is 64.0 Å². The molecule has 1 aliphatic carbocycles. The van der Waals surface area contributed by atoms with Gasteiger partial charge in [-0.25, -0.2) is 0 Å². The highest BCUT2D eigenvalue weighted by molar-refractivity contribution is 5.76. The number of rotatable bonds is 4. The predicted octanol–water partition coefficient (Wildman–Crippen LogP) is 3.69. The molecule has 1 heterocycles. The van der Waals surface area contributed by atoms with Crippen molar-refractivity contribution < 1.29 is 14.6 Å². The number of carbonyl (C=O) groups is 1. The summed E-state index contributed by atoms with van der Waals surface area (Å²) < 4.78 is 5.84. The van der Waals surface area contributed by atoms with E-state index in [1.807, 2.05) is 36.9 Å². The summed E-state index contributed by atoms with van der Waals surface area (Å²) >= 11 is 0. The topological polar surface area (TPSA) is 49.8 Å². The molecule has 0 spiro atoms. The Balaban J connectivity index is 2.05. The standard InChI is InChI=1S/C20H29NO3/c1-3-18(22)21-14-13-20(23)12-8-7-10-16(20)19(21)15-9-5-6-11-17(15)24-4-2/h5-6,9,11,16,19,23H,3-4,7-8,10,12-14H2,1-2H3/t16-,19-,20-/m0/s1. The molecule has 1 aromatic carbocycles. The van der Waals surface area contributed by atoms with Gasteiger partial charge in [-0.1, -0.05) is 38.0 Å². The molecule has 3 atom stereocenters. The highest BCUT2D eigenvalue weighted by Crippen LogP contribution is 2.50. The van der Waals surface area contributed by atoms with Gasteiger partial charge in [-0.2, -0.15) is 0 Å². The number of ether oxygens (including phenoxy) is 1. The first-order valence-corrected chi connectivity index (χ1v) is 9.34. The summed E-state index contributed by atoms with van der Waals surface area (Å²) in [6.07, 6.45) is 5.20. The molecule has 4 nitrogen and oxygen atoms in total. The molecule has 132 valence electrons. The lowest BCUT2D eigenvalue weighted by atomic mass is 9.66. The SMILES string of the molecule is CCOc1ccccc1[C@H]1[C@@H]2CCCC[C@]2(O)CCN1C(=O)CC. The number of para-hydroxylation sites is 1. The number of hydrogen-bond donors (Lipinski definition) is 1. The van der Waals surface area contributed by atoms with E-state index in [4.69, 9.17) is 4.74 Å². The Labute approximate surface area is 144 Å². The number of hydrogen-bond acceptors (Lipinski definition) is 3. The van der Waals surface area contributed by atoms with Gasteiger partial charge in [0, 0.05) is 24.4 Å². The van der Waals surface area contributed by atoms with E-state index in [1.165, 1.54) is 0 Å². The van der Waals surface area contributed by atoms with E-state index in [0.717, 1.165) is 37.0 Å². The predicted molar refractivity (Wildman–Crippen MR) is 93.9 cm³/mol. The molecule has 2 aliphatic rings. The van der Waals surface area contributed by atoms with E-state index in [9.17, 15) is 9.90 Å². The summed E-state index contributed by atoms with van der Waals surface area (Å²) in [5.41, 5.74) is 0.401. The van der Waals surface area contributed by atoms with Crippen molar-refractivity contribution in [2.24, 2.45) is 5.92 Å². The van der Waals surface area contributed by atoms with Gasteiger partial charge in [-0.15, -0.1) is 0 Å². The monoisotopic (exact) mass is 331 g/mol. The molecule has 0 bridgehead atoms. The molecule has 2 fully saturated rings. The van der Waals surface area contributed by atoms with Crippen LogP contribution in [0.3, 0.4) is 0 Å². The normalized spacial score (nSPS) is 29.9. The second-order valence-electron chi connectivity index (χ2n) is 7.06. The minimum Gasteiger partial charge on any atom is -0.494 e. The van der Waals surface area contributed by atoms with Crippen LogP contribution in [0.5, 0.6) is 5.75 Å². The van der Waals surface area contributed by atoms with Crippen LogP contribution in [-0.4, -0.2) is 34.7 Å². The van der Waals surface area contributed by atoms with E-state index in [0.29, 0.717) is 26.0 Å². The third-order valence-electron chi connectivity index (χ3n) is 5.73. The lowest BCUT2D eigenvalue weighted by Gasteiger charge is -2.52. The molecule has 0 unspecified atom stereocenters. The van der Waals surface area contributed by atoms with Gasteiger partial charge in [0.2, 0.25) is 5.91 Å². The summed E-state index contributed by atoms with van der Waals surface area (Å²) in [5.74, 6) is 1.10. The molecule has 0 aromatic heterocycles. The largest absolute Gasteiger partial charge is 0.494 e. The van der Waals surface area contributed by atoms with Crippen molar-refractivity contribution >= 4 is 5.91 Å². The summed E-state index contributed by atoms with van der Waals surface area (Å²) in [6, 6.07) is 7.93. The maximum atomic E-state index is 12.6. The van der Waals surface area contributed by atoms with Crippen molar-refractivity contribution in [1.29, 1.82) is 0 Å². The number of piperidine rings is 1. The smallest absolute Gasteiger partial charge is 0.222 e. The Kier molecular flexibility index (Phi) is 5.14. The first-order valence-electron chi connectivity index (χ1n) is 9.34. The summed E-state index contributed by atoms with van der Waals surface area (Å²) in [4.78, 5) is 14.6. The second kappa shape index (κ2) is 7.14. The van der Waals surface area contributed by atoms with E-state index in [2.05, 4.69) is 6.07 Å². The summed E-state index contributed by atoms with van der Waals surface area (Å²) in [7, 11) is 0. The van der Waals surface area contributed by atoms with Gasteiger partial charge in [-0.05, 0) is 32.3 Å². The number of nitrogens with zero attached hydrogens (tertiary/aromatic N) is 1. The van der Waals surface area contributed by atoms with Gasteiger partial charge in [0.1, 0.15) is 5.75 Å². The zero-order valence-corrected chi connectivity index (χ0v) is 14.8. The molecule has 24 heavy (non-hydrogen) atoms. The molecule has 1 saturated heterocycles. The number of likely N-dealkylation sites (tertiary alicyclic amines) is 1. The molecule has 4 heteroatoms. The molecular weight excluding hydrogens is 302 g/mol. The van der Waals surface area contributed by atoms with Crippen molar-refractivity contribution in [3.8, 4) is 5.75 Å². The van der Waals surface area contributed by atoms with E-state index < -0.39 is 5.60 Å². The quantitative estimate of drug-likeness (QED) is 0.915. The fourth-order valence-electron chi connectivity index (χ4n) is 4.56. The zero-order chi connectivity index (χ0) is 17.2. The van der Waals surface area contributed by atoms with Crippen LogP contribution >= 0.6 is 0 Å². The first-order chi connectivity index (χ1) is 11.6. The lowest BCUT2D eigenvalue weighted by molar-refractivity contribution is -0.155. The van der Waals surface area contributed by atoms with Crippen molar-refractivity contribution in [1.82, 2.24) is 4.90 Å². The van der Waals surface area contributed by atoms with Gasteiger partial charge in [0.15, 0.2) is 0 Å². The minimum absolute atomic E-state index is 0.0840. The minimum atomic E-state index is -0.646. The Bertz CT molecular complexity index is 588. The molecule has 1 amide bonds. The fourth-order valence-corrected chi connectivity index (χ4v) is 4.56. The van der Waals surface area contributed by atoms with Crippen LogP contribution < -0.4 is 4.74 Å². The highest BCUT2D eigenvalue weighted by atomic mass is 16.5. The van der Waals surface area contributed by atoms with Crippen LogP contribution in [0.25, 0.3) is 0 Å². The van der Waals surface area contributed by atoms with Crippen LogP contribution in [0.2, 0.25) is 0 Å². The molecular formula is C20H29NO3. The van der Waals surface area contributed by atoms with Crippen molar-refractivity contribution in [3.05, 3.63) is 29.8 Å². The molecule has 1 saturated carbocycles. The number of aliphatic hydroxyl groups is 1. The molecule has 1 aromatic rings. The van der Waals surface area contributed by atoms with E-state index >= 15 is 0 Å². The van der Waals surface area contributed by atoms with Crippen LogP contribution in [0.4, 0.5) is 0 Å². The van der Waals surface area contributed by atoms with Crippen molar-refractivity contribution in [2.75, 3.05) is 13.2 Å². The summed E-state index contributed by atoms with van der Waals surface area (Å²) in [5, 5.41) is 11.2. The Hall–Kier alpha value is -1.55. The Morgan fingerprint density at radius 1 is 1.29 bits per heavy atom. The fraction of sp³-hybridized carbons (Fsp3) is 0.650. The van der Waals surface area contributed by atoms with Crippen LogP contribution in [0.15, 0.2) is 24.3 Å². The third kappa shape index (κ3) is 3.04. The van der Waals surface area contributed by atoms with Gasteiger partial charge in [0.05, 0.1) is 18.2 Å². The maximum Gasteiger partial charge on any atom is 0.222 e. The van der Waals surface area contributed by atoms with E-state index in [1.54, 1.807) is 0 Å². The van der Waals surface area contributed by atoms with Gasteiger partial charge in [0.25, 0.3) is 0 Å². The van der Waals surface area contributed by atoms with Gasteiger partial charge in [-0.3, -0.25) is 4.79 Å². The molecule has 1 N–H and O–H groups in total. The number of fused-ring (bicyclic) bond motifs is 1. The Morgan fingerprint density at radius 3 is 2.83 bits per heavy atom. The van der Waals surface area contributed by atoms with Crippen LogP contribution in [0, 0.1) is 5.92 Å². The van der Waals surface area contributed by atoms with Gasteiger partial charge >= 0.3 is 0 Å². The summed E-state index contributed by atoms with van der Waals surface area (Å²) in [6.45, 7) is 5.12. The average molecular weight is 331 g/mol. The molecule has 1 aliphatic heterocycles. The molecule has 3 rings (SSSR count). The number of carbonyl (C=O) groups excluding carboxylic acids is 1. The second-order valence-corrected chi connectivity index (χ2v) is 7.06. The van der Waals surface area contributed by atoms with Crippen molar-refractivity contribution in [3.63, 3.8) is 0 Å². The zero-order valence-electron chi connectivity index (χ0n) is 14.8. The average Bonchev–Trinajstić information content (AvgIpc) is 2.60. The van der Waals surface area contributed by atoms with Crippen LogP contribution in [-0.2, 0) is 4.79 Å². The highest BCUT2D eigenvalue weighted by Gasteiger charge is 2.50. The molecule has 0 radical (unpaired) electrons. The first kappa shape index (κ1) is 17.3. The number of benzene rings is 1. The Morgan fingerprint density at radius 2 is 2.08 bits per heavy atom. The third-order valence-corrected chi connectivity index (χ3v) is 5.73. The lowest BCUT2D eigenvalue weighted by Crippen LogP contribution is -2.56. The van der Waals surface area contributed by atoms with Crippen LogP contribution in [0.1, 0.15) is 64.0 Å². The maximum absolute atomic E-state index is 12.6. The number of amides is 1. The van der Waals surface area contributed by atoms with E-state index in [-0.39, 0.29) is 17.9 Å². The van der Waals surface area contributed by atoms with Gasteiger partial charge < -0.3 is 14.7 Å².